The van der Waals surface area contributed by atoms with E-state index in [1.165, 1.54) is 37.1 Å². The van der Waals surface area contributed by atoms with Crippen LogP contribution in [0.1, 0.15) is 37.8 Å². The highest BCUT2D eigenvalue weighted by Crippen LogP contribution is 2.26. The molecule has 1 aromatic carbocycles. The number of nitrogens with two attached hydrogens (primary N) is 1. The first-order valence-electron chi connectivity index (χ1n) is 6.64. The van der Waals surface area contributed by atoms with Gasteiger partial charge >= 0.3 is 0 Å². The molecule has 0 spiro atoms. The molecule has 2 heteroatoms. The first kappa shape index (κ1) is 12.6. The Bertz CT molecular complexity index is 348. The van der Waals surface area contributed by atoms with Crippen LogP contribution in [-0.4, -0.2) is 24.5 Å². The number of benzene rings is 1. The van der Waals surface area contributed by atoms with Crippen molar-refractivity contribution in [2.24, 2.45) is 5.73 Å². The van der Waals surface area contributed by atoms with Gasteiger partial charge in [0.25, 0.3) is 0 Å². The van der Waals surface area contributed by atoms with E-state index in [4.69, 9.17) is 5.73 Å². The molecule has 1 heterocycles. The van der Waals surface area contributed by atoms with Gasteiger partial charge in [-0.25, -0.2) is 0 Å². The van der Waals surface area contributed by atoms with Gasteiger partial charge in [-0.3, -0.25) is 0 Å². The Morgan fingerprint density at radius 3 is 2.24 bits per heavy atom. The van der Waals surface area contributed by atoms with E-state index in [-0.39, 0.29) is 5.41 Å². The summed E-state index contributed by atoms with van der Waals surface area (Å²) in [6.07, 6.45) is 2.73. The van der Waals surface area contributed by atoms with Crippen molar-refractivity contribution in [3.63, 3.8) is 0 Å². The summed E-state index contributed by atoms with van der Waals surface area (Å²) in [6, 6.07) is 8.78. The molecule has 2 nitrogen and oxygen atoms in total. The lowest BCUT2D eigenvalue weighted by atomic mass is 9.84. The Morgan fingerprint density at radius 1 is 1.12 bits per heavy atom. The largest absolute Gasteiger partial charge is 0.326 e. The van der Waals surface area contributed by atoms with Crippen LogP contribution < -0.4 is 5.73 Å². The molecule has 94 valence electrons. The maximum atomic E-state index is 5.63. The van der Waals surface area contributed by atoms with Gasteiger partial charge in [0.1, 0.15) is 0 Å². The molecule has 1 aliphatic heterocycles. The fraction of sp³-hybridized carbons (Fsp3) is 0.600. The average Bonchev–Trinajstić information content (AvgIpc) is 2.81. The van der Waals surface area contributed by atoms with Crippen LogP contribution in [0.15, 0.2) is 24.3 Å². The highest BCUT2D eigenvalue weighted by atomic mass is 15.1. The lowest BCUT2D eigenvalue weighted by molar-refractivity contribution is 0.269. The molecule has 0 radical (unpaired) electrons. The minimum atomic E-state index is 0.234. The highest BCUT2D eigenvalue weighted by Gasteiger charge is 2.25. The van der Waals surface area contributed by atoms with Gasteiger partial charge in [-0.05, 0) is 37.1 Å². The van der Waals surface area contributed by atoms with Crippen molar-refractivity contribution in [2.45, 2.75) is 38.6 Å². The minimum absolute atomic E-state index is 0.234. The van der Waals surface area contributed by atoms with E-state index in [0.29, 0.717) is 6.54 Å². The van der Waals surface area contributed by atoms with Crippen molar-refractivity contribution in [3.8, 4) is 0 Å². The smallest absolute Gasteiger partial charge is 0.0178 e. The van der Waals surface area contributed by atoms with Gasteiger partial charge < -0.3 is 10.6 Å². The average molecular weight is 232 g/mol. The van der Waals surface area contributed by atoms with E-state index in [1.807, 2.05) is 0 Å². The van der Waals surface area contributed by atoms with Crippen LogP contribution >= 0.6 is 0 Å². The van der Waals surface area contributed by atoms with E-state index < -0.39 is 0 Å². The Morgan fingerprint density at radius 2 is 1.71 bits per heavy atom. The van der Waals surface area contributed by atoms with E-state index in [2.05, 4.69) is 43.0 Å². The molecule has 2 rings (SSSR count). The van der Waals surface area contributed by atoms with Crippen LogP contribution in [0.4, 0.5) is 0 Å². The van der Waals surface area contributed by atoms with E-state index in [1.54, 1.807) is 0 Å². The molecule has 0 amide bonds. The van der Waals surface area contributed by atoms with Crippen LogP contribution in [0.5, 0.6) is 0 Å². The second-order valence-electron chi connectivity index (χ2n) is 5.77. The van der Waals surface area contributed by atoms with Crippen molar-refractivity contribution >= 4 is 0 Å². The van der Waals surface area contributed by atoms with Gasteiger partial charge in [0, 0.05) is 18.5 Å². The van der Waals surface area contributed by atoms with Gasteiger partial charge in [0.05, 0.1) is 0 Å². The molecule has 1 saturated heterocycles. The molecule has 1 aromatic rings. The first-order chi connectivity index (χ1) is 8.12. The van der Waals surface area contributed by atoms with Crippen molar-refractivity contribution < 1.29 is 0 Å². The van der Waals surface area contributed by atoms with Crippen LogP contribution in [0.2, 0.25) is 0 Å². The number of likely N-dealkylation sites (tertiary alicyclic amines) is 1. The number of hydrogen-bond acceptors (Lipinski definition) is 2. The molecule has 0 unspecified atom stereocenters. The van der Waals surface area contributed by atoms with Crippen LogP contribution in [0, 0.1) is 0 Å². The lowest BCUT2D eigenvalue weighted by Gasteiger charge is -2.30. The Balaban J connectivity index is 2.06. The summed E-state index contributed by atoms with van der Waals surface area (Å²) >= 11 is 0. The SMILES string of the molecule is CC(C)(CN1CCCC1)c1ccc(CN)cc1. The summed E-state index contributed by atoms with van der Waals surface area (Å²) < 4.78 is 0. The summed E-state index contributed by atoms with van der Waals surface area (Å²) in [7, 11) is 0. The number of hydrogen-bond donors (Lipinski definition) is 1. The van der Waals surface area contributed by atoms with Crippen molar-refractivity contribution in [2.75, 3.05) is 19.6 Å². The normalized spacial score (nSPS) is 17.6. The monoisotopic (exact) mass is 232 g/mol. The van der Waals surface area contributed by atoms with Gasteiger partial charge in [-0.2, -0.15) is 0 Å². The second kappa shape index (κ2) is 5.19. The van der Waals surface area contributed by atoms with E-state index in [0.717, 1.165) is 6.54 Å². The second-order valence-corrected chi connectivity index (χ2v) is 5.77. The molecule has 17 heavy (non-hydrogen) atoms. The fourth-order valence-electron chi connectivity index (χ4n) is 2.68. The molecule has 0 saturated carbocycles. The fourth-order valence-corrected chi connectivity index (χ4v) is 2.68. The Kier molecular flexibility index (Phi) is 3.85. The summed E-state index contributed by atoms with van der Waals surface area (Å²) in [6.45, 7) is 9.00. The highest BCUT2D eigenvalue weighted by molar-refractivity contribution is 5.28. The zero-order chi connectivity index (χ0) is 12.3. The number of nitrogens with zero attached hydrogens (tertiary/aromatic N) is 1. The maximum absolute atomic E-state index is 5.63. The van der Waals surface area contributed by atoms with Crippen LogP contribution in [0.3, 0.4) is 0 Å². The van der Waals surface area contributed by atoms with Gasteiger partial charge in [0.2, 0.25) is 0 Å². The predicted molar refractivity (Wildman–Crippen MR) is 73.0 cm³/mol. The zero-order valence-corrected chi connectivity index (χ0v) is 11.1. The van der Waals surface area contributed by atoms with E-state index >= 15 is 0 Å². The van der Waals surface area contributed by atoms with Gasteiger partial charge in [0.15, 0.2) is 0 Å². The van der Waals surface area contributed by atoms with Gasteiger partial charge in [-0.15, -0.1) is 0 Å². The molecular weight excluding hydrogens is 208 g/mol. The molecule has 0 aliphatic carbocycles. The molecule has 2 N–H and O–H groups in total. The zero-order valence-electron chi connectivity index (χ0n) is 11.1. The quantitative estimate of drug-likeness (QED) is 0.864. The third-order valence-corrected chi connectivity index (χ3v) is 3.79. The lowest BCUT2D eigenvalue weighted by Crippen LogP contribution is -2.35. The maximum Gasteiger partial charge on any atom is 0.0178 e. The molecule has 1 aliphatic rings. The van der Waals surface area contributed by atoms with E-state index in [9.17, 15) is 0 Å². The minimum Gasteiger partial charge on any atom is -0.326 e. The first-order valence-corrected chi connectivity index (χ1v) is 6.64. The van der Waals surface area contributed by atoms with Gasteiger partial charge in [-0.1, -0.05) is 38.1 Å². The molecule has 0 atom stereocenters. The summed E-state index contributed by atoms with van der Waals surface area (Å²) in [5, 5.41) is 0. The Hall–Kier alpha value is -0.860. The van der Waals surface area contributed by atoms with Crippen LogP contribution in [0.25, 0.3) is 0 Å². The molecule has 1 fully saturated rings. The standard InChI is InChI=1S/C15H24N2/c1-15(2,12-17-9-3-4-10-17)14-7-5-13(11-16)6-8-14/h5-8H,3-4,9-12,16H2,1-2H3. The third kappa shape index (κ3) is 3.08. The topological polar surface area (TPSA) is 29.3 Å². The Labute approximate surface area is 105 Å². The molecule has 0 aromatic heterocycles. The van der Waals surface area contributed by atoms with Crippen LogP contribution in [-0.2, 0) is 12.0 Å². The number of rotatable bonds is 4. The predicted octanol–water partition coefficient (Wildman–Crippen LogP) is 2.52. The molecular formula is C15H24N2. The summed E-state index contributed by atoms with van der Waals surface area (Å²) in [5.74, 6) is 0. The third-order valence-electron chi connectivity index (χ3n) is 3.79. The van der Waals surface area contributed by atoms with Crippen molar-refractivity contribution in [1.29, 1.82) is 0 Å². The van der Waals surface area contributed by atoms with Crippen molar-refractivity contribution in [1.82, 2.24) is 4.90 Å². The summed E-state index contributed by atoms with van der Waals surface area (Å²) in [4.78, 5) is 2.58. The summed E-state index contributed by atoms with van der Waals surface area (Å²) in [5.41, 5.74) is 8.50. The molecule has 0 bridgehead atoms. The van der Waals surface area contributed by atoms with Crippen molar-refractivity contribution in [3.05, 3.63) is 35.4 Å².